The summed E-state index contributed by atoms with van der Waals surface area (Å²) >= 11 is 0. The minimum Gasteiger partial charge on any atom is -0.347 e. The van der Waals surface area contributed by atoms with E-state index < -0.39 is 23.4 Å². The Morgan fingerprint density at radius 3 is 2.42 bits per heavy atom. The van der Waals surface area contributed by atoms with Crippen LogP contribution in [0.2, 0.25) is 0 Å². The number of hydrogen-bond acceptors (Lipinski definition) is 5. The molecule has 0 aliphatic heterocycles. The highest BCUT2D eigenvalue weighted by Gasteiger charge is 2.14. The molecule has 3 rings (SSSR count). The van der Waals surface area contributed by atoms with Crippen molar-refractivity contribution in [1.82, 2.24) is 20.3 Å². The Morgan fingerprint density at radius 1 is 0.962 bits per heavy atom. The first kappa shape index (κ1) is 17.3. The van der Waals surface area contributed by atoms with Gasteiger partial charge in [-0.05, 0) is 29.8 Å². The predicted molar refractivity (Wildman–Crippen MR) is 87.0 cm³/mol. The second kappa shape index (κ2) is 7.60. The highest BCUT2D eigenvalue weighted by atomic mass is 19.2. The number of carbonyl (C=O) groups is 1. The van der Waals surface area contributed by atoms with Crippen molar-refractivity contribution in [3.05, 3.63) is 77.8 Å². The van der Waals surface area contributed by atoms with E-state index in [4.69, 9.17) is 0 Å². The Kier molecular flexibility index (Phi) is 5.07. The fraction of sp³-hybridized carbons (Fsp3) is 0.0588. The third-order valence-electron chi connectivity index (χ3n) is 3.38. The van der Waals surface area contributed by atoms with Crippen LogP contribution in [0, 0.1) is 17.5 Å². The summed E-state index contributed by atoms with van der Waals surface area (Å²) in [6.07, 6.45) is 5.59. The van der Waals surface area contributed by atoms with E-state index in [-0.39, 0.29) is 17.2 Å². The number of pyridine rings is 1. The molecule has 3 aromatic rings. The SMILES string of the molecule is O=C(NCc1ccncc1)c1cnc(Nc2ccc(F)c(F)c2F)cn1. The molecule has 0 atom stereocenters. The van der Waals surface area contributed by atoms with E-state index in [9.17, 15) is 18.0 Å². The zero-order valence-electron chi connectivity index (χ0n) is 13.2. The summed E-state index contributed by atoms with van der Waals surface area (Å²) in [4.78, 5) is 23.7. The van der Waals surface area contributed by atoms with Crippen molar-refractivity contribution in [3.63, 3.8) is 0 Å². The number of benzene rings is 1. The fourth-order valence-electron chi connectivity index (χ4n) is 2.04. The third-order valence-corrected chi connectivity index (χ3v) is 3.38. The maximum Gasteiger partial charge on any atom is 0.271 e. The Morgan fingerprint density at radius 2 is 1.73 bits per heavy atom. The molecule has 0 aliphatic carbocycles. The fourth-order valence-corrected chi connectivity index (χ4v) is 2.04. The highest BCUT2D eigenvalue weighted by molar-refractivity contribution is 5.92. The summed E-state index contributed by atoms with van der Waals surface area (Å²) in [5.41, 5.74) is 0.622. The van der Waals surface area contributed by atoms with Crippen molar-refractivity contribution in [2.75, 3.05) is 5.32 Å². The van der Waals surface area contributed by atoms with Crippen LogP contribution in [0.25, 0.3) is 0 Å². The average Bonchev–Trinajstić information content (AvgIpc) is 2.68. The highest BCUT2D eigenvalue weighted by Crippen LogP contribution is 2.22. The van der Waals surface area contributed by atoms with Gasteiger partial charge in [-0.15, -0.1) is 0 Å². The largest absolute Gasteiger partial charge is 0.347 e. The van der Waals surface area contributed by atoms with Crippen molar-refractivity contribution >= 4 is 17.4 Å². The molecule has 2 heterocycles. The Bertz CT molecular complexity index is 920. The predicted octanol–water partition coefficient (Wildman–Crippen LogP) is 2.96. The molecule has 0 saturated carbocycles. The molecule has 0 bridgehead atoms. The molecular weight excluding hydrogens is 347 g/mol. The smallest absolute Gasteiger partial charge is 0.271 e. The van der Waals surface area contributed by atoms with Crippen molar-refractivity contribution in [1.29, 1.82) is 0 Å². The lowest BCUT2D eigenvalue weighted by Crippen LogP contribution is -2.24. The molecule has 9 heteroatoms. The van der Waals surface area contributed by atoms with Gasteiger partial charge in [-0.1, -0.05) is 0 Å². The molecule has 6 nitrogen and oxygen atoms in total. The van der Waals surface area contributed by atoms with Crippen LogP contribution in [0.5, 0.6) is 0 Å². The molecule has 26 heavy (non-hydrogen) atoms. The number of rotatable bonds is 5. The van der Waals surface area contributed by atoms with Crippen LogP contribution >= 0.6 is 0 Å². The minimum atomic E-state index is -1.59. The number of halogens is 3. The molecule has 132 valence electrons. The van der Waals surface area contributed by atoms with Crippen molar-refractivity contribution in [3.8, 4) is 0 Å². The third kappa shape index (κ3) is 3.94. The summed E-state index contributed by atoms with van der Waals surface area (Å²) < 4.78 is 39.7. The van der Waals surface area contributed by atoms with Gasteiger partial charge in [0.1, 0.15) is 11.5 Å². The number of nitrogens with zero attached hydrogens (tertiary/aromatic N) is 3. The molecule has 1 aromatic carbocycles. The number of carbonyl (C=O) groups excluding carboxylic acids is 1. The van der Waals surface area contributed by atoms with Gasteiger partial charge in [-0.2, -0.15) is 0 Å². The topological polar surface area (TPSA) is 79.8 Å². The van der Waals surface area contributed by atoms with Crippen molar-refractivity contribution in [2.45, 2.75) is 6.54 Å². The van der Waals surface area contributed by atoms with E-state index in [0.717, 1.165) is 17.7 Å². The molecular formula is C17H12F3N5O. The summed E-state index contributed by atoms with van der Waals surface area (Å²) in [6.45, 7) is 0.295. The van der Waals surface area contributed by atoms with E-state index in [0.29, 0.717) is 6.54 Å². The first-order chi connectivity index (χ1) is 12.5. The molecule has 2 aromatic heterocycles. The second-order valence-corrected chi connectivity index (χ2v) is 5.17. The average molecular weight is 359 g/mol. The molecule has 2 N–H and O–H groups in total. The van der Waals surface area contributed by atoms with E-state index in [1.165, 1.54) is 12.4 Å². The Labute approximate surface area is 146 Å². The normalized spacial score (nSPS) is 10.4. The number of amides is 1. The first-order valence-electron chi connectivity index (χ1n) is 7.44. The molecule has 0 spiro atoms. The zero-order valence-corrected chi connectivity index (χ0v) is 13.2. The number of aromatic nitrogens is 3. The molecule has 0 radical (unpaired) electrons. The molecule has 0 saturated heterocycles. The monoisotopic (exact) mass is 359 g/mol. The van der Waals surface area contributed by atoms with Crippen LogP contribution in [0.4, 0.5) is 24.7 Å². The van der Waals surface area contributed by atoms with Crippen molar-refractivity contribution < 1.29 is 18.0 Å². The van der Waals surface area contributed by atoms with E-state index >= 15 is 0 Å². The van der Waals surface area contributed by atoms with Gasteiger partial charge in [0.05, 0.1) is 18.1 Å². The molecule has 1 amide bonds. The number of nitrogens with one attached hydrogen (secondary N) is 2. The van der Waals surface area contributed by atoms with E-state index in [1.54, 1.807) is 24.5 Å². The lowest BCUT2D eigenvalue weighted by Gasteiger charge is -2.08. The van der Waals surface area contributed by atoms with Crippen LogP contribution in [-0.2, 0) is 6.54 Å². The van der Waals surface area contributed by atoms with Crippen LogP contribution in [0.1, 0.15) is 16.1 Å². The molecule has 0 aliphatic rings. The van der Waals surface area contributed by atoms with Gasteiger partial charge < -0.3 is 10.6 Å². The van der Waals surface area contributed by atoms with Crippen LogP contribution in [-0.4, -0.2) is 20.9 Å². The maximum absolute atomic E-state index is 13.6. The zero-order chi connectivity index (χ0) is 18.5. The van der Waals surface area contributed by atoms with Gasteiger partial charge >= 0.3 is 0 Å². The minimum absolute atomic E-state index is 0.0513. The summed E-state index contributed by atoms with van der Waals surface area (Å²) in [7, 11) is 0. The summed E-state index contributed by atoms with van der Waals surface area (Å²) in [5.74, 6) is -4.62. The Balaban J connectivity index is 1.65. The van der Waals surface area contributed by atoms with Crippen LogP contribution in [0.15, 0.2) is 49.1 Å². The molecule has 0 fully saturated rings. The van der Waals surface area contributed by atoms with Gasteiger partial charge in [-0.25, -0.2) is 23.1 Å². The lowest BCUT2D eigenvalue weighted by molar-refractivity contribution is 0.0945. The van der Waals surface area contributed by atoms with Gasteiger partial charge in [0, 0.05) is 18.9 Å². The van der Waals surface area contributed by atoms with Crippen LogP contribution < -0.4 is 10.6 Å². The van der Waals surface area contributed by atoms with E-state index in [1.807, 2.05) is 0 Å². The van der Waals surface area contributed by atoms with Gasteiger partial charge in [0.15, 0.2) is 17.5 Å². The first-order valence-corrected chi connectivity index (χ1v) is 7.44. The quantitative estimate of drug-likeness (QED) is 0.685. The Hall–Kier alpha value is -3.49. The second-order valence-electron chi connectivity index (χ2n) is 5.17. The van der Waals surface area contributed by atoms with E-state index in [2.05, 4.69) is 25.6 Å². The molecule has 0 unspecified atom stereocenters. The lowest BCUT2D eigenvalue weighted by atomic mass is 10.2. The van der Waals surface area contributed by atoms with Gasteiger partial charge in [0.2, 0.25) is 0 Å². The standard InChI is InChI=1S/C17H12F3N5O/c18-11-1-2-12(16(20)15(11)19)25-14-9-22-13(8-23-14)17(26)24-7-10-3-5-21-6-4-10/h1-6,8-9H,7H2,(H,23,25)(H,24,26). The van der Waals surface area contributed by atoms with Gasteiger partial charge in [0.25, 0.3) is 5.91 Å². The number of anilines is 2. The summed E-state index contributed by atoms with van der Waals surface area (Å²) in [5, 5.41) is 5.14. The number of hydrogen-bond donors (Lipinski definition) is 2. The summed E-state index contributed by atoms with van der Waals surface area (Å²) in [6, 6.07) is 5.34. The van der Waals surface area contributed by atoms with Crippen molar-refractivity contribution in [2.24, 2.45) is 0 Å². The maximum atomic E-state index is 13.6. The van der Waals surface area contributed by atoms with Gasteiger partial charge in [-0.3, -0.25) is 9.78 Å². The van der Waals surface area contributed by atoms with Crippen LogP contribution in [0.3, 0.4) is 0 Å².